The van der Waals surface area contributed by atoms with Crippen molar-refractivity contribution >= 4 is 5.96 Å². The molecule has 2 heterocycles. The maximum atomic E-state index is 6.00. The largest absolute Gasteiger partial charge is 0.494 e. The summed E-state index contributed by atoms with van der Waals surface area (Å²) in [7, 11) is 1.75. The molecule has 1 aliphatic rings. The van der Waals surface area contributed by atoms with E-state index in [1.807, 2.05) is 36.4 Å². The molecule has 0 bridgehead atoms. The van der Waals surface area contributed by atoms with Crippen molar-refractivity contribution in [2.75, 3.05) is 40.0 Å². The highest BCUT2D eigenvalue weighted by atomic mass is 16.5. The molecule has 3 rings (SSSR count). The summed E-state index contributed by atoms with van der Waals surface area (Å²) in [6.07, 6.45) is 4.83. The normalized spacial score (nSPS) is 16.1. The van der Waals surface area contributed by atoms with Gasteiger partial charge in [-0.1, -0.05) is 13.0 Å². The van der Waals surface area contributed by atoms with Gasteiger partial charge in [0, 0.05) is 45.1 Å². The molecule has 1 fully saturated rings. The second kappa shape index (κ2) is 13.5. The van der Waals surface area contributed by atoms with E-state index in [1.54, 1.807) is 13.2 Å². The first-order valence-electron chi connectivity index (χ1n) is 11.3. The van der Waals surface area contributed by atoms with Gasteiger partial charge in [0.05, 0.1) is 19.3 Å². The second-order valence-corrected chi connectivity index (χ2v) is 7.45. The van der Waals surface area contributed by atoms with Crippen LogP contribution in [0.2, 0.25) is 0 Å². The Bertz CT molecular complexity index is 823. The number of nitrogens with zero attached hydrogens (tertiary/aromatic N) is 2. The van der Waals surface area contributed by atoms with E-state index in [2.05, 4.69) is 27.5 Å². The minimum Gasteiger partial charge on any atom is -0.494 e. The third-order valence-corrected chi connectivity index (χ3v) is 4.89. The average Bonchev–Trinajstić information content (AvgIpc) is 3.35. The lowest BCUT2D eigenvalue weighted by atomic mass is 10.2. The molecular weight excluding hydrogens is 408 g/mol. The maximum Gasteiger partial charge on any atom is 0.224 e. The van der Waals surface area contributed by atoms with Crippen LogP contribution < -0.4 is 20.1 Å². The Morgan fingerprint density at radius 3 is 2.75 bits per heavy atom. The molecule has 1 atom stereocenters. The predicted octanol–water partition coefficient (Wildman–Crippen LogP) is 3.52. The lowest BCUT2D eigenvalue weighted by molar-refractivity contribution is 0.0420. The number of benzene rings is 1. The Hall–Kier alpha value is -2.84. The molecule has 1 aromatic heterocycles. The van der Waals surface area contributed by atoms with E-state index >= 15 is 0 Å². The van der Waals surface area contributed by atoms with E-state index in [0.29, 0.717) is 38.0 Å². The number of aromatic nitrogens is 1. The first kappa shape index (κ1) is 23.8. The van der Waals surface area contributed by atoms with Crippen LogP contribution in [0.3, 0.4) is 0 Å². The Balaban J connectivity index is 1.44. The molecule has 0 radical (unpaired) electrons. The number of nitrogens with one attached hydrogen (secondary N) is 2. The van der Waals surface area contributed by atoms with Gasteiger partial charge in [-0.15, -0.1) is 0 Å². The van der Waals surface area contributed by atoms with Crippen molar-refractivity contribution in [3.8, 4) is 17.4 Å². The van der Waals surface area contributed by atoms with Gasteiger partial charge in [0.25, 0.3) is 0 Å². The molecule has 2 aromatic rings. The number of hydrogen-bond donors (Lipinski definition) is 2. The number of aliphatic imine (C=N–C) groups is 1. The standard InChI is InChI=1S/C24H34N4O4/c1-3-14-30-20-7-9-21(10-8-20)32-23-19(6-4-12-26-23)17-28-24(25-2)27-13-5-15-31-22-11-16-29-18-22/h4,6-10,12,22H,3,5,11,13-18H2,1-2H3,(H2,25,27,28). The second-order valence-electron chi connectivity index (χ2n) is 7.45. The summed E-state index contributed by atoms with van der Waals surface area (Å²) in [5.41, 5.74) is 0.936. The Labute approximate surface area is 190 Å². The van der Waals surface area contributed by atoms with E-state index in [9.17, 15) is 0 Å². The van der Waals surface area contributed by atoms with Gasteiger partial charge < -0.3 is 29.6 Å². The van der Waals surface area contributed by atoms with Crippen LogP contribution in [0.15, 0.2) is 47.6 Å². The van der Waals surface area contributed by atoms with Crippen LogP contribution in [-0.2, 0) is 16.0 Å². The average molecular weight is 443 g/mol. The molecule has 0 spiro atoms. The fourth-order valence-electron chi connectivity index (χ4n) is 3.16. The molecule has 2 N–H and O–H groups in total. The molecule has 0 saturated carbocycles. The van der Waals surface area contributed by atoms with Crippen LogP contribution in [0.5, 0.6) is 17.4 Å². The van der Waals surface area contributed by atoms with E-state index in [4.69, 9.17) is 18.9 Å². The van der Waals surface area contributed by atoms with Crippen LogP contribution >= 0.6 is 0 Å². The number of hydrogen-bond acceptors (Lipinski definition) is 6. The summed E-state index contributed by atoms with van der Waals surface area (Å²) in [6.45, 7) is 6.32. The third-order valence-electron chi connectivity index (χ3n) is 4.89. The fraction of sp³-hybridized carbons (Fsp3) is 0.500. The summed E-state index contributed by atoms with van der Waals surface area (Å²) < 4.78 is 22.7. The monoisotopic (exact) mass is 442 g/mol. The highest BCUT2D eigenvalue weighted by Crippen LogP contribution is 2.25. The Morgan fingerprint density at radius 2 is 2.00 bits per heavy atom. The van der Waals surface area contributed by atoms with Gasteiger partial charge in [0.1, 0.15) is 11.5 Å². The fourth-order valence-corrected chi connectivity index (χ4v) is 3.16. The van der Waals surface area contributed by atoms with Crippen molar-refractivity contribution in [3.63, 3.8) is 0 Å². The van der Waals surface area contributed by atoms with E-state index in [1.165, 1.54) is 0 Å². The molecule has 1 unspecified atom stereocenters. The van der Waals surface area contributed by atoms with Gasteiger partial charge in [-0.05, 0) is 49.6 Å². The molecule has 0 amide bonds. The first-order chi connectivity index (χ1) is 15.8. The molecule has 1 aromatic carbocycles. The molecule has 8 nitrogen and oxygen atoms in total. The molecule has 1 saturated heterocycles. The molecule has 174 valence electrons. The zero-order valence-corrected chi connectivity index (χ0v) is 19.0. The van der Waals surface area contributed by atoms with Crippen LogP contribution in [0, 0.1) is 0 Å². The van der Waals surface area contributed by atoms with E-state index < -0.39 is 0 Å². The third kappa shape index (κ3) is 8.01. The lowest BCUT2D eigenvalue weighted by Crippen LogP contribution is -2.37. The number of rotatable bonds is 12. The Kier molecular flexibility index (Phi) is 10.1. The van der Waals surface area contributed by atoms with Crippen LogP contribution in [0.1, 0.15) is 31.7 Å². The van der Waals surface area contributed by atoms with Gasteiger partial charge in [-0.3, -0.25) is 4.99 Å². The smallest absolute Gasteiger partial charge is 0.224 e. The molecular formula is C24H34N4O4. The first-order valence-corrected chi connectivity index (χ1v) is 11.3. The van der Waals surface area contributed by atoms with E-state index in [-0.39, 0.29) is 6.10 Å². The van der Waals surface area contributed by atoms with Crippen molar-refractivity contribution < 1.29 is 18.9 Å². The van der Waals surface area contributed by atoms with Crippen molar-refractivity contribution in [1.29, 1.82) is 0 Å². The number of ether oxygens (including phenoxy) is 4. The quantitative estimate of drug-likeness (QED) is 0.295. The highest BCUT2D eigenvalue weighted by Gasteiger charge is 2.15. The SMILES string of the molecule is CCCOc1ccc(Oc2ncccc2CNC(=NC)NCCCOC2CCOC2)cc1. The summed E-state index contributed by atoms with van der Waals surface area (Å²) in [6, 6.07) is 11.5. The van der Waals surface area contributed by atoms with Crippen LogP contribution in [0.25, 0.3) is 0 Å². The summed E-state index contributed by atoms with van der Waals surface area (Å²) in [5, 5.41) is 6.62. The van der Waals surface area contributed by atoms with Gasteiger partial charge >= 0.3 is 0 Å². The number of pyridine rings is 1. The van der Waals surface area contributed by atoms with Gasteiger partial charge in [-0.25, -0.2) is 4.98 Å². The zero-order valence-electron chi connectivity index (χ0n) is 19.0. The topological polar surface area (TPSA) is 86.2 Å². The molecule has 1 aliphatic heterocycles. The molecule has 32 heavy (non-hydrogen) atoms. The van der Waals surface area contributed by atoms with Crippen LogP contribution in [-0.4, -0.2) is 57.1 Å². The maximum absolute atomic E-state index is 6.00. The van der Waals surface area contributed by atoms with Crippen molar-refractivity contribution in [1.82, 2.24) is 15.6 Å². The molecule has 0 aliphatic carbocycles. The van der Waals surface area contributed by atoms with Gasteiger partial charge in [-0.2, -0.15) is 0 Å². The lowest BCUT2D eigenvalue weighted by Gasteiger charge is -2.15. The minimum absolute atomic E-state index is 0.247. The summed E-state index contributed by atoms with van der Waals surface area (Å²) >= 11 is 0. The number of guanidine groups is 1. The highest BCUT2D eigenvalue weighted by molar-refractivity contribution is 5.79. The van der Waals surface area contributed by atoms with Gasteiger partial charge in [0.2, 0.25) is 5.88 Å². The van der Waals surface area contributed by atoms with Crippen molar-refractivity contribution in [3.05, 3.63) is 48.2 Å². The van der Waals surface area contributed by atoms with Crippen molar-refractivity contribution in [2.24, 2.45) is 4.99 Å². The molecule has 8 heteroatoms. The Morgan fingerprint density at radius 1 is 1.16 bits per heavy atom. The van der Waals surface area contributed by atoms with Crippen molar-refractivity contribution in [2.45, 2.75) is 38.8 Å². The summed E-state index contributed by atoms with van der Waals surface area (Å²) in [5.74, 6) is 2.83. The van der Waals surface area contributed by atoms with E-state index in [0.717, 1.165) is 49.7 Å². The van der Waals surface area contributed by atoms with Crippen LogP contribution in [0.4, 0.5) is 0 Å². The zero-order chi connectivity index (χ0) is 22.4. The minimum atomic E-state index is 0.247. The summed E-state index contributed by atoms with van der Waals surface area (Å²) in [4.78, 5) is 8.68. The van der Waals surface area contributed by atoms with Gasteiger partial charge in [0.15, 0.2) is 5.96 Å². The predicted molar refractivity (Wildman–Crippen MR) is 125 cm³/mol.